The fraction of sp³-hybridized carbons (Fsp3) is 0.533. The molecule has 114 valence electrons. The Morgan fingerprint density at radius 1 is 1.48 bits per heavy atom. The lowest BCUT2D eigenvalue weighted by atomic mass is 10.2. The largest absolute Gasteiger partial charge is 0.395 e. The summed E-state index contributed by atoms with van der Waals surface area (Å²) in [5, 5.41) is 13.5. The Kier molecular flexibility index (Phi) is 6.70. The molecule has 21 heavy (non-hydrogen) atoms. The number of thiophene rings is 1. The van der Waals surface area contributed by atoms with Crippen LogP contribution in [0, 0.1) is 11.8 Å². The first kappa shape index (κ1) is 16.0. The molecule has 0 aliphatic carbocycles. The fourth-order valence-corrected chi connectivity index (χ4v) is 2.80. The molecule has 1 aliphatic rings. The summed E-state index contributed by atoms with van der Waals surface area (Å²) in [7, 11) is 0. The number of rotatable bonds is 5. The van der Waals surface area contributed by atoms with Crippen molar-refractivity contribution in [1.29, 1.82) is 0 Å². The molecule has 1 fully saturated rings. The molecule has 6 heteroatoms. The molecule has 1 aromatic rings. The molecule has 0 spiro atoms. The number of nitrogens with zero attached hydrogens (tertiary/aromatic N) is 1. The minimum atomic E-state index is -0.0773. The molecule has 2 rings (SSSR count). The van der Waals surface area contributed by atoms with Crippen molar-refractivity contribution in [2.75, 3.05) is 46.0 Å². The summed E-state index contributed by atoms with van der Waals surface area (Å²) in [6.07, 6.45) is 0.425. The van der Waals surface area contributed by atoms with Crippen LogP contribution < -0.4 is 5.32 Å². The number of carbonyl (C=O) groups excluding carboxylic acids is 1. The van der Waals surface area contributed by atoms with Crippen LogP contribution in [0.25, 0.3) is 0 Å². The van der Waals surface area contributed by atoms with E-state index in [-0.39, 0.29) is 12.5 Å². The summed E-state index contributed by atoms with van der Waals surface area (Å²) in [5.41, 5.74) is 0.734. The third kappa shape index (κ3) is 5.14. The SMILES string of the molecule is O=C(NCCN1CCOCC1)c1sccc1C#CCCO. The number of morpholine rings is 1. The van der Waals surface area contributed by atoms with Gasteiger partial charge in [-0.05, 0) is 11.4 Å². The van der Waals surface area contributed by atoms with Gasteiger partial charge in [-0.15, -0.1) is 11.3 Å². The number of hydrogen-bond acceptors (Lipinski definition) is 5. The molecule has 1 aliphatic heterocycles. The standard InChI is InChI=1S/C15H20N2O3S/c18-9-2-1-3-13-4-12-21-14(13)15(19)16-5-6-17-7-10-20-11-8-17/h4,12,18H,2,5-11H2,(H,16,19). The Morgan fingerprint density at radius 2 is 2.29 bits per heavy atom. The number of aliphatic hydroxyl groups excluding tert-OH is 1. The first-order valence-electron chi connectivity index (χ1n) is 7.07. The lowest BCUT2D eigenvalue weighted by molar-refractivity contribution is 0.0383. The predicted octanol–water partition coefficient (Wildman–Crippen LogP) is 0.544. The highest BCUT2D eigenvalue weighted by Gasteiger charge is 2.13. The normalized spacial score (nSPS) is 15.3. The Bertz CT molecular complexity index is 512. The summed E-state index contributed by atoms with van der Waals surface area (Å²) in [4.78, 5) is 15.1. The van der Waals surface area contributed by atoms with Crippen LogP contribution in [0.5, 0.6) is 0 Å². The monoisotopic (exact) mass is 308 g/mol. The maximum absolute atomic E-state index is 12.1. The van der Waals surface area contributed by atoms with Crippen molar-refractivity contribution in [1.82, 2.24) is 10.2 Å². The van der Waals surface area contributed by atoms with Crippen LogP contribution in [0.2, 0.25) is 0 Å². The van der Waals surface area contributed by atoms with Gasteiger partial charge in [0.15, 0.2) is 0 Å². The summed E-state index contributed by atoms with van der Waals surface area (Å²) < 4.78 is 5.29. The van der Waals surface area contributed by atoms with Crippen molar-refractivity contribution < 1.29 is 14.6 Å². The molecule has 0 aromatic carbocycles. The second kappa shape index (κ2) is 8.80. The highest BCUT2D eigenvalue weighted by Crippen LogP contribution is 2.15. The van der Waals surface area contributed by atoms with E-state index in [1.807, 2.05) is 11.4 Å². The smallest absolute Gasteiger partial charge is 0.262 e. The van der Waals surface area contributed by atoms with Gasteiger partial charge < -0.3 is 15.2 Å². The van der Waals surface area contributed by atoms with Gasteiger partial charge in [0.25, 0.3) is 5.91 Å². The third-order valence-electron chi connectivity index (χ3n) is 3.15. The fourth-order valence-electron chi connectivity index (χ4n) is 2.03. The Labute approximate surface area is 128 Å². The van der Waals surface area contributed by atoms with Gasteiger partial charge in [0.2, 0.25) is 0 Å². The molecule has 0 saturated carbocycles. The van der Waals surface area contributed by atoms with Gasteiger partial charge >= 0.3 is 0 Å². The zero-order valence-corrected chi connectivity index (χ0v) is 12.7. The molecule has 0 unspecified atom stereocenters. The number of ether oxygens (including phenoxy) is 1. The lowest BCUT2D eigenvalue weighted by Crippen LogP contribution is -2.41. The maximum Gasteiger partial charge on any atom is 0.262 e. The number of amides is 1. The van der Waals surface area contributed by atoms with Crippen molar-refractivity contribution >= 4 is 17.2 Å². The third-order valence-corrected chi connectivity index (χ3v) is 4.06. The van der Waals surface area contributed by atoms with Gasteiger partial charge in [-0.25, -0.2) is 0 Å². The van der Waals surface area contributed by atoms with Gasteiger partial charge in [-0.3, -0.25) is 9.69 Å². The molecule has 0 radical (unpaired) electrons. The second-order valence-corrected chi connectivity index (χ2v) is 5.56. The average molecular weight is 308 g/mol. The second-order valence-electron chi connectivity index (χ2n) is 4.65. The number of nitrogens with one attached hydrogen (secondary N) is 1. The van der Waals surface area contributed by atoms with Gasteiger partial charge in [0.05, 0.1) is 19.8 Å². The van der Waals surface area contributed by atoms with Crippen LogP contribution in [0.15, 0.2) is 11.4 Å². The first-order chi connectivity index (χ1) is 10.3. The van der Waals surface area contributed by atoms with Crippen LogP contribution >= 0.6 is 11.3 Å². The van der Waals surface area contributed by atoms with E-state index in [2.05, 4.69) is 22.1 Å². The summed E-state index contributed by atoms with van der Waals surface area (Å²) >= 11 is 1.39. The molecule has 1 saturated heterocycles. The van der Waals surface area contributed by atoms with Crippen molar-refractivity contribution in [3.63, 3.8) is 0 Å². The van der Waals surface area contributed by atoms with Crippen molar-refractivity contribution in [2.24, 2.45) is 0 Å². The van der Waals surface area contributed by atoms with Gasteiger partial charge in [-0.1, -0.05) is 11.8 Å². The number of hydrogen-bond donors (Lipinski definition) is 2. The zero-order chi connectivity index (χ0) is 14.9. The molecular weight excluding hydrogens is 288 g/mol. The minimum Gasteiger partial charge on any atom is -0.395 e. The van der Waals surface area contributed by atoms with E-state index in [1.54, 1.807) is 0 Å². The van der Waals surface area contributed by atoms with Crippen molar-refractivity contribution in [3.8, 4) is 11.8 Å². The Hall–Kier alpha value is -1.39. The Balaban J connectivity index is 1.80. The lowest BCUT2D eigenvalue weighted by Gasteiger charge is -2.26. The highest BCUT2D eigenvalue weighted by atomic mass is 32.1. The van der Waals surface area contributed by atoms with E-state index in [0.717, 1.165) is 38.4 Å². The quantitative estimate of drug-likeness (QED) is 0.780. The molecule has 5 nitrogen and oxygen atoms in total. The predicted molar refractivity (Wildman–Crippen MR) is 82.5 cm³/mol. The topological polar surface area (TPSA) is 61.8 Å². The van der Waals surface area contributed by atoms with Gasteiger partial charge in [0.1, 0.15) is 4.88 Å². The van der Waals surface area contributed by atoms with Crippen LogP contribution in [-0.2, 0) is 4.74 Å². The molecule has 1 aromatic heterocycles. The molecular formula is C15H20N2O3S. The first-order valence-corrected chi connectivity index (χ1v) is 7.94. The van der Waals surface area contributed by atoms with Crippen LogP contribution in [0.3, 0.4) is 0 Å². The summed E-state index contributed by atoms with van der Waals surface area (Å²) in [5.74, 6) is 5.70. The number of aliphatic hydroxyl groups is 1. The molecule has 0 atom stereocenters. The summed E-state index contributed by atoms with van der Waals surface area (Å²) in [6.45, 7) is 4.89. The van der Waals surface area contributed by atoms with Crippen molar-refractivity contribution in [3.05, 3.63) is 21.9 Å². The zero-order valence-electron chi connectivity index (χ0n) is 11.9. The van der Waals surface area contributed by atoms with E-state index >= 15 is 0 Å². The van der Waals surface area contributed by atoms with E-state index in [9.17, 15) is 4.79 Å². The highest BCUT2D eigenvalue weighted by molar-refractivity contribution is 7.12. The summed E-state index contributed by atoms with van der Waals surface area (Å²) in [6, 6.07) is 1.84. The van der Waals surface area contributed by atoms with Crippen LogP contribution in [0.4, 0.5) is 0 Å². The van der Waals surface area contributed by atoms with E-state index in [0.29, 0.717) is 17.8 Å². The van der Waals surface area contributed by atoms with E-state index in [1.165, 1.54) is 11.3 Å². The van der Waals surface area contributed by atoms with Crippen molar-refractivity contribution in [2.45, 2.75) is 6.42 Å². The van der Waals surface area contributed by atoms with Gasteiger partial charge in [0, 0.05) is 38.2 Å². The Morgan fingerprint density at radius 3 is 3.05 bits per heavy atom. The molecule has 2 heterocycles. The maximum atomic E-state index is 12.1. The molecule has 1 amide bonds. The van der Waals surface area contributed by atoms with E-state index < -0.39 is 0 Å². The van der Waals surface area contributed by atoms with Crippen LogP contribution in [-0.4, -0.2) is 61.9 Å². The van der Waals surface area contributed by atoms with Crippen LogP contribution in [0.1, 0.15) is 21.7 Å². The van der Waals surface area contributed by atoms with Gasteiger partial charge in [-0.2, -0.15) is 0 Å². The molecule has 2 N–H and O–H groups in total. The molecule has 0 bridgehead atoms. The van der Waals surface area contributed by atoms with E-state index in [4.69, 9.17) is 9.84 Å². The number of carbonyl (C=O) groups is 1. The minimum absolute atomic E-state index is 0.0399. The average Bonchev–Trinajstić information content (AvgIpc) is 2.97.